The Morgan fingerprint density at radius 1 is 1.50 bits per heavy atom. The zero-order valence-electron chi connectivity index (χ0n) is 6.39. The van der Waals surface area contributed by atoms with E-state index in [-0.39, 0.29) is 11.0 Å². The molecule has 0 saturated heterocycles. The van der Waals surface area contributed by atoms with Gasteiger partial charge in [-0.1, -0.05) is 32.3 Å². The summed E-state index contributed by atoms with van der Waals surface area (Å²) < 4.78 is 2.66. The molecule has 0 amide bonds. The first kappa shape index (κ1) is 7.54. The normalized spacial score (nSPS) is 11.9. The Labute approximate surface area is 64.1 Å². The number of hydrogen-bond acceptors (Lipinski definition) is 2. The topological polar surface area (TPSA) is 32.9 Å². The van der Waals surface area contributed by atoms with Crippen LogP contribution in [-0.2, 0) is 5.41 Å². The zero-order valence-corrected chi connectivity index (χ0v) is 7.21. The lowest BCUT2D eigenvalue weighted by atomic mass is 9.90. The van der Waals surface area contributed by atoms with Crippen LogP contribution >= 0.6 is 11.5 Å². The summed E-state index contributed by atoms with van der Waals surface area (Å²) in [6.07, 6.45) is 0. The summed E-state index contributed by atoms with van der Waals surface area (Å²) in [6.45, 7) is 6.10. The van der Waals surface area contributed by atoms with E-state index >= 15 is 0 Å². The molecule has 0 unspecified atom stereocenters. The highest BCUT2D eigenvalue weighted by atomic mass is 32.1. The first-order valence-corrected chi connectivity index (χ1v) is 4.06. The number of rotatable bonds is 0. The van der Waals surface area contributed by atoms with Gasteiger partial charge < -0.3 is 0 Å². The van der Waals surface area contributed by atoms with Gasteiger partial charge in [-0.3, -0.25) is 9.17 Å². The summed E-state index contributed by atoms with van der Waals surface area (Å²) in [5, 5.41) is 1.88. The first-order chi connectivity index (χ1) is 4.52. The van der Waals surface area contributed by atoms with Crippen molar-refractivity contribution in [1.29, 1.82) is 0 Å². The maximum atomic E-state index is 11.0. The Balaban J connectivity index is 3.18. The standard InChI is InChI=1S/C7H11NOS/c1-7(2,3)5-4-10-8-6(5)9/h4H,1-3H3,(H,8,9). The Bertz CT molecular complexity index is 266. The summed E-state index contributed by atoms with van der Waals surface area (Å²) in [4.78, 5) is 11.0. The highest BCUT2D eigenvalue weighted by Gasteiger charge is 2.17. The maximum absolute atomic E-state index is 11.0. The van der Waals surface area contributed by atoms with Crippen LogP contribution in [0, 0.1) is 0 Å². The lowest BCUT2D eigenvalue weighted by molar-refractivity contribution is 0.586. The van der Waals surface area contributed by atoms with Crippen molar-refractivity contribution >= 4 is 11.5 Å². The second kappa shape index (κ2) is 2.23. The fraction of sp³-hybridized carbons (Fsp3) is 0.571. The fourth-order valence-electron chi connectivity index (χ4n) is 0.768. The summed E-state index contributed by atoms with van der Waals surface area (Å²) in [6, 6.07) is 0. The molecule has 1 N–H and O–H groups in total. The molecule has 1 aromatic rings. The van der Waals surface area contributed by atoms with Crippen molar-refractivity contribution in [3.05, 3.63) is 21.3 Å². The van der Waals surface area contributed by atoms with Gasteiger partial charge in [0.25, 0.3) is 5.56 Å². The molecule has 3 heteroatoms. The van der Waals surface area contributed by atoms with Gasteiger partial charge in [-0.25, -0.2) is 0 Å². The van der Waals surface area contributed by atoms with Crippen molar-refractivity contribution in [2.24, 2.45) is 0 Å². The second-order valence-corrected chi connectivity index (χ2v) is 4.01. The molecule has 2 nitrogen and oxygen atoms in total. The van der Waals surface area contributed by atoms with Gasteiger partial charge in [0.2, 0.25) is 0 Å². The molecule has 0 radical (unpaired) electrons. The molecule has 56 valence electrons. The minimum absolute atomic E-state index is 0.0203. The zero-order chi connectivity index (χ0) is 7.78. The summed E-state index contributed by atoms with van der Waals surface area (Å²) >= 11 is 1.36. The second-order valence-electron chi connectivity index (χ2n) is 3.33. The first-order valence-electron chi connectivity index (χ1n) is 3.18. The molecule has 0 fully saturated rings. The molecule has 0 aliphatic rings. The largest absolute Gasteiger partial charge is 0.278 e. The average Bonchev–Trinajstić information content (AvgIpc) is 2.11. The molecular weight excluding hydrogens is 146 g/mol. The predicted molar refractivity (Wildman–Crippen MR) is 43.6 cm³/mol. The van der Waals surface area contributed by atoms with Crippen LogP contribution in [-0.4, -0.2) is 4.37 Å². The minimum Gasteiger partial charge on any atom is -0.278 e. The van der Waals surface area contributed by atoms with E-state index in [1.807, 2.05) is 26.2 Å². The van der Waals surface area contributed by atoms with E-state index in [0.717, 1.165) is 5.56 Å². The minimum atomic E-state index is -0.0203. The Morgan fingerprint density at radius 2 is 2.10 bits per heavy atom. The monoisotopic (exact) mass is 157 g/mol. The lowest BCUT2D eigenvalue weighted by Gasteiger charge is -2.13. The molecule has 0 spiro atoms. The third-order valence-corrected chi connectivity index (χ3v) is 2.04. The van der Waals surface area contributed by atoms with Crippen molar-refractivity contribution in [2.75, 3.05) is 0 Å². The van der Waals surface area contributed by atoms with Crippen LogP contribution in [0.4, 0.5) is 0 Å². The van der Waals surface area contributed by atoms with Gasteiger partial charge in [-0.2, -0.15) is 0 Å². The molecule has 10 heavy (non-hydrogen) atoms. The van der Waals surface area contributed by atoms with Crippen LogP contribution in [0.2, 0.25) is 0 Å². The number of H-pyrrole nitrogens is 1. The van der Waals surface area contributed by atoms with Gasteiger partial charge in [0.15, 0.2) is 0 Å². The van der Waals surface area contributed by atoms with Crippen LogP contribution in [0.3, 0.4) is 0 Å². The smallest absolute Gasteiger partial charge is 0.261 e. The highest BCUT2D eigenvalue weighted by Crippen LogP contribution is 2.18. The molecule has 0 aliphatic carbocycles. The van der Waals surface area contributed by atoms with E-state index < -0.39 is 0 Å². The molecule has 1 heterocycles. The molecule has 1 rings (SSSR count). The molecule has 0 saturated carbocycles. The van der Waals surface area contributed by atoms with Gasteiger partial charge in [0.05, 0.1) is 0 Å². The Morgan fingerprint density at radius 3 is 2.30 bits per heavy atom. The molecule has 1 aromatic heterocycles. The van der Waals surface area contributed by atoms with Crippen LogP contribution in [0.5, 0.6) is 0 Å². The Kier molecular flexibility index (Phi) is 1.68. The quantitative estimate of drug-likeness (QED) is 0.611. The fourth-order valence-corrected chi connectivity index (χ4v) is 1.62. The molecule has 0 atom stereocenters. The van der Waals surface area contributed by atoms with Crippen molar-refractivity contribution in [3.8, 4) is 0 Å². The number of aromatic amines is 1. The third-order valence-electron chi connectivity index (χ3n) is 1.38. The van der Waals surface area contributed by atoms with E-state index in [1.54, 1.807) is 0 Å². The average molecular weight is 157 g/mol. The summed E-state index contributed by atoms with van der Waals surface area (Å²) in [5.41, 5.74) is 0.906. The van der Waals surface area contributed by atoms with Crippen LogP contribution in [0.1, 0.15) is 26.3 Å². The van der Waals surface area contributed by atoms with Crippen molar-refractivity contribution in [3.63, 3.8) is 0 Å². The molecular formula is C7H11NOS. The van der Waals surface area contributed by atoms with Gasteiger partial charge in [-0.05, 0) is 5.41 Å². The number of hydrogen-bond donors (Lipinski definition) is 1. The third kappa shape index (κ3) is 1.29. The lowest BCUT2D eigenvalue weighted by Crippen LogP contribution is -2.19. The molecule has 0 bridgehead atoms. The van der Waals surface area contributed by atoms with Crippen molar-refractivity contribution in [2.45, 2.75) is 26.2 Å². The van der Waals surface area contributed by atoms with Crippen molar-refractivity contribution < 1.29 is 0 Å². The van der Waals surface area contributed by atoms with Gasteiger partial charge in [0.1, 0.15) is 0 Å². The van der Waals surface area contributed by atoms with Gasteiger partial charge in [0, 0.05) is 10.9 Å². The molecule has 0 aromatic carbocycles. The van der Waals surface area contributed by atoms with Gasteiger partial charge in [-0.15, -0.1) is 0 Å². The van der Waals surface area contributed by atoms with Crippen LogP contribution in [0.15, 0.2) is 10.2 Å². The highest BCUT2D eigenvalue weighted by molar-refractivity contribution is 7.03. The molecule has 0 aliphatic heterocycles. The van der Waals surface area contributed by atoms with E-state index in [9.17, 15) is 4.79 Å². The van der Waals surface area contributed by atoms with E-state index in [4.69, 9.17) is 0 Å². The predicted octanol–water partition coefficient (Wildman–Crippen LogP) is 1.73. The number of nitrogens with one attached hydrogen (secondary N) is 1. The summed E-state index contributed by atoms with van der Waals surface area (Å²) in [7, 11) is 0. The SMILES string of the molecule is CC(C)(C)c1cs[nH]c1=O. The van der Waals surface area contributed by atoms with Crippen LogP contribution < -0.4 is 5.56 Å². The van der Waals surface area contributed by atoms with E-state index in [0.29, 0.717) is 0 Å². The van der Waals surface area contributed by atoms with E-state index in [2.05, 4.69) is 4.37 Å². The number of aromatic nitrogens is 1. The maximum Gasteiger partial charge on any atom is 0.261 e. The van der Waals surface area contributed by atoms with Crippen molar-refractivity contribution in [1.82, 2.24) is 4.37 Å². The van der Waals surface area contributed by atoms with Gasteiger partial charge >= 0.3 is 0 Å². The van der Waals surface area contributed by atoms with Crippen LogP contribution in [0.25, 0.3) is 0 Å². The summed E-state index contributed by atoms with van der Waals surface area (Å²) in [5.74, 6) is 0. The van der Waals surface area contributed by atoms with E-state index in [1.165, 1.54) is 11.5 Å². The Hall–Kier alpha value is -0.570.